The summed E-state index contributed by atoms with van der Waals surface area (Å²) in [6.07, 6.45) is 0. The molecule has 6 heteroatoms. The first kappa shape index (κ1) is 11.9. The summed E-state index contributed by atoms with van der Waals surface area (Å²) >= 11 is 0. The third-order valence-electron chi connectivity index (χ3n) is 2.45. The van der Waals surface area contributed by atoms with Gasteiger partial charge in [0.05, 0.1) is 5.69 Å². The lowest BCUT2D eigenvalue weighted by molar-refractivity contribution is 0.596. The molecular weight excluding hydrogens is 238 g/mol. The first-order valence-electron chi connectivity index (χ1n) is 5.36. The predicted octanol–water partition coefficient (Wildman–Crippen LogP) is 1.18. The Hall–Kier alpha value is -1.56. The van der Waals surface area contributed by atoms with E-state index in [-0.39, 0.29) is 10.9 Å². The number of sulfonamides is 1. The highest BCUT2D eigenvalue weighted by Gasteiger charge is 2.28. The van der Waals surface area contributed by atoms with Crippen molar-refractivity contribution in [3.8, 4) is 0 Å². The maximum atomic E-state index is 12.0. The van der Waals surface area contributed by atoms with E-state index in [1.165, 1.54) is 0 Å². The van der Waals surface area contributed by atoms with Gasteiger partial charge in [0.15, 0.2) is 0 Å². The van der Waals surface area contributed by atoms with E-state index in [0.29, 0.717) is 11.6 Å². The van der Waals surface area contributed by atoms with Gasteiger partial charge in [-0.25, -0.2) is 0 Å². The fourth-order valence-electron chi connectivity index (χ4n) is 1.67. The van der Waals surface area contributed by atoms with Crippen molar-refractivity contribution in [1.29, 1.82) is 0 Å². The highest BCUT2D eigenvalue weighted by Crippen LogP contribution is 2.29. The van der Waals surface area contributed by atoms with Crippen LogP contribution in [-0.2, 0) is 10.0 Å². The molecule has 1 aliphatic heterocycles. The fourth-order valence-corrected chi connectivity index (χ4v) is 2.89. The lowest BCUT2D eigenvalue weighted by Crippen LogP contribution is -2.45. The van der Waals surface area contributed by atoms with Gasteiger partial charge in [-0.05, 0) is 26.0 Å². The van der Waals surface area contributed by atoms with Crippen LogP contribution in [0.3, 0.4) is 0 Å². The Balaban J connectivity index is 2.54. The number of nitrogens with one attached hydrogen (secondary N) is 1. The number of hydrogen-bond donors (Lipinski definition) is 1. The van der Waals surface area contributed by atoms with Crippen molar-refractivity contribution in [3.63, 3.8) is 0 Å². The molecule has 0 spiro atoms. The van der Waals surface area contributed by atoms with Gasteiger partial charge in [-0.2, -0.15) is 8.42 Å². The molecule has 0 fully saturated rings. The number of para-hydroxylation sites is 1. The molecule has 1 heterocycles. The molecule has 1 aliphatic rings. The second-order valence-corrected chi connectivity index (χ2v) is 5.79. The average molecular weight is 253 g/mol. The summed E-state index contributed by atoms with van der Waals surface area (Å²) in [7, 11) is -1.79. The van der Waals surface area contributed by atoms with Crippen LogP contribution in [0.2, 0.25) is 0 Å². The maximum Gasteiger partial charge on any atom is 0.287 e. The van der Waals surface area contributed by atoms with Gasteiger partial charge >= 0.3 is 0 Å². The Kier molecular flexibility index (Phi) is 2.82. The lowest BCUT2D eigenvalue weighted by Gasteiger charge is -2.28. The molecule has 92 valence electrons. The zero-order chi connectivity index (χ0) is 12.6. The molecule has 1 aromatic carbocycles. The van der Waals surface area contributed by atoms with E-state index in [0.717, 1.165) is 0 Å². The molecule has 0 saturated carbocycles. The van der Waals surface area contributed by atoms with Crippen LogP contribution in [0.15, 0.2) is 33.6 Å². The number of nitrogens with zero attached hydrogens (tertiary/aromatic N) is 2. The van der Waals surface area contributed by atoms with E-state index in [4.69, 9.17) is 0 Å². The first-order valence-corrected chi connectivity index (χ1v) is 6.80. The predicted molar refractivity (Wildman–Crippen MR) is 67.7 cm³/mol. The smallest absolute Gasteiger partial charge is 0.287 e. The molecule has 0 unspecified atom stereocenters. The minimum absolute atomic E-state index is 0.122. The molecule has 17 heavy (non-hydrogen) atoms. The summed E-state index contributed by atoms with van der Waals surface area (Å²) in [6.45, 7) is 3.87. The van der Waals surface area contributed by atoms with Crippen molar-refractivity contribution in [3.05, 3.63) is 24.3 Å². The van der Waals surface area contributed by atoms with Crippen LogP contribution >= 0.6 is 0 Å². The van der Waals surface area contributed by atoms with Crippen LogP contribution in [0.4, 0.5) is 5.69 Å². The second-order valence-electron chi connectivity index (χ2n) is 4.22. The number of guanidine groups is 1. The zero-order valence-corrected chi connectivity index (χ0v) is 10.8. The molecule has 0 aliphatic carbocycles. The number of rotatable bonds is 1. The summed E-state index contributed by atoms with van der Waals surface area (Å²) in [6, 6.07) is 6.96. The second kappa shape index (κ2) is 4.03. The third-order valence-corrected chi connectivity index (χ3v) is 3.76. The number of anilines is 1. The highest BCUT2D eigenvalue weighted by molar-refractivity contribution is 7.90. The van der Waals surface area contributed by atoms with Crippen LogP contribution in [0.25, 0.3) is 0 Å². The Morgan fingerprint density at radius 3 is 2.59 bits per heavy atom. The molecule has 0 aromatic heterocycles. The number of hydrogen-bond acceptors (Lipinski definition) is 4. The molecule has 0 amide bonds. The molecule has 0 atom stereocenters. The molecule has 1 N–H and O–H groups in total. The Labute approximate surface area is 101 Å². The zero-order valence-electron chi connectivity index (χ0n) is 10.0. The Bertz CT molecular complexity index is 564. The standard InChI is InChI=1S/C11H15N3O2S/c1-8(2)12-11-13-17(15,16)10-7-5-4-6-9(10)14(11)3/h4-8H,1-3H3,(H,12,13). The van der Waals surface area contributed by atoms with E-state index in [2.05, 4.69) is 9.71 Å². The van der Waals surface area contributed by atoms with E-state index < -0.39 is 10.0 Å². The Morgan fingerprint density at radius 2 is 1.94 bits per heavy atom. The third kappa shape index (κ3) is 2.12. The minimum Gasteiger partial charge on any atom is -0.353 e. The van der Waals surface area contributed by atoms with Crippen molar-refractivity contribution in [2.75, 3.05) is 11.9 Å². The van der Waals surface area contributed by atoms with Crippen LogP contribution < -0.4 is 10.2 Å². The van der Waals surface area contributed by atoms with Gasteiger partial charge < -0.3 is 10.2 Å². The highest BCUT2D eigenvalue weighted by atomic mass is 32.2. The molecule has 0 bridgehead atoms. The minimum atomic E-state index is -3.59. The van der Waals surface area contributed by atoms with Gasteiger partial charge in [-0.1, -0.05) is 12.1 Å². The average Bonchev–Trinajstić information content (AvgIpc) is 2.25. The molecule has 0 saturated heterocycles. The maximum absolute atomic E-state index is 12.0. The van der Waals surface area contributed by atoms with Gasteiger partial charge in [0.1, 0.15) is 4.90 Å². The van der Waals surface area contributed by atoms with Crippen LogP contribution in [-0.4, -0.2) is 27.5 Å². The molecule has 5 nitrogen and oxygen atoms in total. The van der Waals surface area contributed by atoms with Gasteiger partial charge in [0.2, 0.25) is 5.96 Å². The van der Waals surface area contributed by atoms with E-state index in [1.807, 2.05) is 19.9 Å². The molecule has 2 rings (SSSR count). The summed E-state index contributed by atoms with van der Waals surface area (Å²) in [5.74, 6) is 0.360. The molecule has 0 radical (unpaired) electrons. The Morgan fingerprint density at radius 1 is 1.29 bits per heavy atom. The monoisotopic (exact) mass is 253 g/mol. The molecule has 1 aromatic rings. The van der Waals surface area contributed by atoms with Crippen molar-refractivity contribution in [2.24, 2.45) is 4.40 Å². The van der Waals surface area contributed by atoms with Crippen molar-refractivity contribution in [1.82, 2.24) is 5.32 Å². The summed E-state index contributed by atoms with van der Waals surface area (Å²) in [5.41, 5.74) is 0.644. The number of benzene rings is 1. The fraction of sp³-hybridized carbons (Fsp3) is 0.364. The summed E-state index contributed by atoms with van der Waals surface area (Å²) < 4.78 is 27.7. The van der Waals surface area contributed by atoms with Crippen LogP contribution in [0.1, 0.15) is 13.8 Å². The van der Waals surface area contributed by atoms with Gasteiger partial charge in [-0.3, -0.25) is 0 Å². The normalized spacial score (nSPS) is 17.6. The largest absolute Gasteiger partial charge is 0.353 e. The van der Waals surface area contributed by atoms with Gasteiger partial charge in [0, 0.05) is 13.1 Å². The van der Waals surface area contributed by atoms with Crippen molar-refractivity contribution in [2.45, 2.75) is 24.8 Å². The SMILES string of the molecule is CC(C)NC1=NS(=O)(=O)c2ccccc2N1C. The first-order chi connectivity index (χ1) is 7.92. The lowest BCUT2D eigenvalue weighted by atomic mass is 10.3. The van der Waals surface area contributed by atoms with Gasteiger partial charge in [0.25, 0.3) is 10.0 Å². The van der Waals surface area contributed by atoms with Crippen molar-refractivity contribution < 1.29 is 8.42 Å². The van der Waals surface area contributed by atoms with Crippen LogP contribution in [0.5, 0.6) is 0 Å². The van der Waals surface area contributed by atoms with E-state index in [1.54, 1.807) is 30.1 Å². The summed E-state index contributed by atoms with van der Waals surface area (Å²) in [4.78, 5) is 1.99. The van der Waals surface area contributed by atoms with Crippen LogP contribution in [0, 0.1) is 0 Å². The summed E-state index contributed by atoms with van der Waals surface area (Å²) in [5, 5.41) is 3.02. The number of fused-ring (bicyclic) bond motifs is 1. The van der Waals surface area contributed by atoms with E-state index >= 15 is 0 Å². The van der Waals surface area contributed by atoms with E-state index in [9.17, 15) is 8.42 Å². The molecular formula is C11H15N3O2S. The van der Waals surface area contributed by atoms with Gasteiger partial charge in [-0.15, -0.1) is 4.40 Å². The topological polar surface area (TPSA) is 61.8 Å². The quantitative estimate of drug-likeness (QED) is 0.816. The van der Waals surface area contributed by atoms with Crippen molar-refractivity contribution >= 4 is 21.7 Å².